The molecule has 27 heavy (non-hydrogen) atoms. The maximum absolute atomic E-state index is 4.74. The van der Waals surface area contributed by atoms with Crippen LogP contribution in [0.15, 0.2) is 47.5 Å². The van der Waals surface area contributed by atoms with Crippen LogP contribution in [0.5, 0.6) is 0 Å². The van der Waals surface area contributed by atoms with E-state index in [4.69, 9.17) is 4.99 Å². The fourth-order valence-corrected chi connectivity index (χ4v) is 3.27. The average molecular weight is 364 g/mol. The maximum atomic E-state index is 4.74. The topological polar surface area (TPSA) is 54.2 Å². The zero-order valence-electron chi connectivity index (χ0n) is 16.7. The zero-order chi connectivity index (χ0) is 19.2. The number of hydrogen-bond acceptors (Lipinski definition) is 2. The predicted octanol–water partition coefficient (Wildman–Crippen LogP) is 3.49. The Morgan fingerprint density at radius 3 is 2.56 bits per heavy atom. The molecule has 2 N–H and O–H groups in total. The lowest BCUT2D eigenvalue weighted by Crippen LogP contribution is -2.38. The number of aromatic nitrogens is 2. The van der Waals surface area contributed by atoms with Gasteiger partial charge in [-0.15, -0.1) is 0 Å². The summed E-state index contributed by atoms with van der Waals surface area (Å²) in [6.45, 7) is 8.53. The van der Waals surface area contributed by atoms with Crippen LogP contribution in [0, 0.1) is 13.8 Å². The minimum Gasteiger partial charge on any atom is -0.357 e. The van der Waals surface area contributed by atoms with Gasteiger partial charge in [0.25, 0.3) is 0 Å². The van der Waals surface area contributed by atoms with Crippen LogP contribution in [0.3, 0.4) is 0 Å². The highest BCUT2D eigenvalue weighted by atomic mass is 15.3. The molecule has 0 aliphatic heterocycles. The van der Waals surface area contributed by atoms with E-state index in [2.05, 4.69) is 72.0 Å². The normalized spacial score (nSPS) is 11.8. The van der Waals surface area contributed by atoms with Gasteiger partial charge in [0.2, 0.25) is 0 Å². The Balaban J connectivity index is 1.61. The molecule has 0 amide bonds. The van der Waals surface area contributed by atoms with Crippen LogP contribution in [0.25, 0.3) is 10.8 Å². The lowest BCUT2D eigenvalue weighted by molar-refractivity contribution is 0.730. The van der Waals surface area contributed by atoms with Crippen LogP contribution in [0.2, 0.25) is 0 Å². The highest BCUT2D eigenvalue weighted by Crippen LogP contribution is 2.16. The lowest BCUT2D eigenvalue weighted by atomic mass is 10.1. The number of nitrogens with one attached hydrogen (secondary N) is 2. The minimum atomic E-state index is 0.636. The van der Waals surface area contributed by atoms with Crippen molar-refractivity contribution in [3.8, 4) is 0 Å². The second kappa shape index (κ2) is 8.71. The van der Waals surface area contributed by atoms with E-state index < -0.39 is 0 Å². The first-order valence-corrected chi connectivity index (χ1v) is 9.57. The van der Waals surface area contributed by atoms with Crippen molar-refractivity contribution in [2.75, 3.05) is 13.1 Å². The number of hydrogen-bond donors (Lipinski definition) is 2. The molecule has 3 aromatic rings. The molecule has 0 aliphatic carbocycles. The van der Waals surface area contributed by atoms with Gasteiger partial charge in [-0.2, -0.15) is 5.10 Å². The third-order valence-electron chi connectivity index (χ3n) is 4.92. The molecule has 0 unspecified atom stereocenters. The van der Waals surface area contributed by atoms with E-state index in [1.54, 1.807) is 0 Å². The van der Waals surface area contributed by atoms with Crippen LogP contribution in [0.4, 0.5) is 0 Å². The van der Waals surface area contributed by atoms with Gasteiger partial charge in [0.05, 0.1) is 12.2 Å². The third kappa shape index (κ3) is 4.67. The molecule has 0 saturated heterocycles. The first kappa shape index (κ1) is 19.0. The summed E-state index contributed by atoms with van der Waals surface area (Å²) >= 11 is 0. The molecule has 1 aromatic heterocycles. The Morgan fingerprint density at radius 1 is 1.07 bits per heavy atom. The molecular weight excluding hydrogens is 334 g/mol. The minimum absolute atomic E-state index is 0.636. The van der Waals surface area contributed by atoms with Crippen LogP contribution in [0.1, 0.15) is 29.4 Å². The molecule has 0 saturated carbocycles. The Morgan fingerprint density at radius 2 is 1.85 bits per heavy atom. The van der Waals surface area contributed by atoms with Crippen molar-refractivity contribution in [2.45, 2.75) is 33.7 Å². The van der Waals surface area contributed by atoms with Crippen LogP contribution >= 0.6 is 0 Å². The van der Waals surface area contributed by atoms with Crippen molar-refractivity contribution in [1.29, 1.82) is 0 Å². The first-order chi connectivity index (χ1) is 13.1. The number of fused-ring (bicyclic) bond motifs is 1. The van der Waals surface area contributed by atoms with Crippen molar-refractivity contribution in [2.24, 2.45) is 12.0 Å². The highest BCUT2D eigenvalue weighted by molar-refractivity contribution is 5.83. The van der Waals surface area contributed by atoms with Gasteiger partial charge in [0, 0.05) is 31.4 Å². The van der Waals surface area contributed by atoms with Gasteiger partial charge in [0.1, 0.15) is 0 Å². The number of aliphatic imine (C=N–C) groups is 1. The summed E-state index contributed by atoms with van der Waals surface area (Å²) < 4.78 is 1.92. The van der Waals surface area contributed by atoms with Crippen molar-refractivity contribution in [1.82, 2.24) is 20.4 Å². The summed E-state index contributed by atoms with van der Waals surface area (Å²) in [5, 5.41) is 13.8. The predicted molar refractivity (Wildman–Crippen MR) is 113 cm³/mol. The summed E-state index contributed by atoms with van der Waals surface area (Å²) in [5.41, 5.74) is 4.74. The van der Waals surface area contributed by atoms with Crippen molar-refractivity contribution >= 4 is 16.7 Å². The summed E-state index contributed by atoms with van der Waals surface area (Å²) in [6, 6.07) is 15.1. The number of benzene rings is 2. The molecule has 1 heterocycles. The van der Waals surface area contributed by atoms with Crippen LogP contribution in [-0.2, 0) is 20.0 Å². The average Bonchev–Trinajstić information content (AvgIpc) is 2.91. The summed E-state index contributed by atoms with van der Waals surface area (Å²) in [7, 11) is 1.97. The quantitative estimate of drug-likeness (QED) is 0.521. The van der Waals surface area contributed by atoms with Gasteiger partial charge in [-0.25, -0.2) is 4.99 Å². The molecule has 0 radical (unpaired) electrons. The monoisotopic (exact) mass is 363 g/mol. The Kier molecular flexibility index (Phi) is 6.12. The number of guanidine groups is 1. The van der Waals surface area contributed by atoms with Crippen LogP contribution < -0.4 is 10.6 Å². The Hall–Kier alpha value is -2.82. The van der Waals surface area contributed by atoms with Crippen molar-refractivity contribution in [3.63, 3.8) is 0 Å². The molecule has 0 bridgehead atoms. The van der Waals surface area contributed by atoms with Gasteiger partial charge >= 0.3 is 0 Å². The second-order valence-corrected chi connectivity index (χ2v) is 6.83. The van der Waals surface area contributed by atoms with E-state index in [1.165, 1.54) is 27.6 Å². The molecular formula is C22H29N5. The molecule has 5 nitrogen and oxygen atoms in total. The maximum Gasteiger partial charge on any atom is 0.191 e. The number of nitrogens with zero attached hydrogens (tertiary/aromatic N) is 3. The smallest absolute Gasteiger partial charge is 0.191 e. The van der Waals surface area contributed by atoms with Crippen LogP contribution in [-0.4, -0.2) is 28.8 Å². The second-order valence-electron chi connectivity index (χ2n) is 6.83. The highest BCUT2D eigenvalue weighted by Gasteiger charge is 2.09. The first-order valence-electron chi connectivity index (χ1n) is 9.57. The van der Waals surface area contributed by atoms with E-state index in [0.29, 0.717) is 6.54 Å². The summed E-state index contributed by atoms with van der Waals surface area (Å²) in [6.07, 6.45) is 0.959. The molecule has 2 aromatic carbocycles. The molecule has 3 rings (SSSR count). The van der Waals surface area contributed by atoms with E-state index in [0.717, 1.165) is 31.2 Å². The fourth-order valence-electron chi connectivity index (χ4n) is 3.27. The lowest BCUT2D eigenvalue weighted by Gasteiger charge is -2.12. The molecule has 142 valence electrons. The molecule has 0 aliphatic rings. The van der Waals surface area contributed by atoms with Gasteiger partial charge in [0.15, 0.2) is 5.96 Å². The standard InChI is InChI=1S/C22H29N5/c1-5-23-22(25-15-21-16(2)26-27(4)17(21)3)24-13-12-18-10-11-19-8-6-7-9-20(19)14-18/h6-11,14H,5,12-13,15H2,1-4H3,(H2,23,24,25). The SMILES string of the molecule is CCNC(=NCc1c(C)nn(C)c1C)NCCc1ccc2ccccc2c1. The van der Waals surface area contributed by atoms with Crippen molar-refractivity contribution in [3.05, 3.63) is 65.0 Å². The summed E-state index contributed by atoms with van der Waals surface area (Å²) in [4.78, 5) is 4.74. The molecule has 0 atom stereocenters. The molecule has 5 heteroatoms. The Labute approximate surface area is 161 Å². The number of rotatable bonds is 6. The third-order valence-corrected chi connectivity index (χ3v) is 4.92. The van der Waals surface area contributed by atoms with E-state index >= 15 is 0 Å². The number of aryl methyl sites for hydroxylation is 2. The fraction of sp³-hybridized carbons (Fsp3) is 0.364. The molecule has 0 fully saturated rings. The van der Waals surface area contributed by atoms with Gasteiger partial charge in [-0.3, -0.25) is 4.68 Å². The van der Waals surface area contributed by atoms with E-state index in [-0.39, 0.29) is 0 Å². The summed E-state index contributed by atoms with van der Waals surface area (Å²) in [5.74, 6) is 0.848. The van der Waals surface area contributed by atoms with Gasteiger partial charge in [-0.1, -0.05) is 42.5 Å². The molecule has 0 spiro atoms. The van der Waals surface area contributed by atoms with Gasteiger partial charge in [-0.05, 0) is 43.5 Å². The largest absolute Gasteiger partial charge is 0.357 e. The zero-order valence-corrected chi connectivity index (χ0v) is 16.7. The van der Waals surface area contributed by atoms with Gasteiger partial charge < -0.3 is 10.6 Å². The van der Waals surface area contributed by atoms with Crippen molar-refractivity contribution < 1.29 is 0 Å². The van der Waals surface area contributed by atoms with E-state index in [1.807, 2.05) is 18.7 Å². The Bertz CT molecular complexity index is 939. The van der Waals surface area contributed by atoms with E-state index in [9.17, 15) is 0 Å².